The average molecular weight is 449 g/mol. The number of ether oxygens (including phenoxy) is 3. The van der Waals surface area contributed by atoms with Crippen LogP contribution in [0.4, 0.5) is 0 Å². The van der Waals surface area contributed by atoms with Crippen LogP contribution in [-0.4, -0.2) is 36.5 Å². The Kier molecular flexibility index (Phi) is 6.75. The van der Waals surface area contributed by atoms with Crippen LogP contribution in [0.2, 0.25) is 0 Å². The number of halogens is 1. The number of hydrogen-bond donors (Lipinski definition) is 1. The molecule has 5 nitrogen and oxygen atoms in total. The molecule has 0 aliphatic carbocycles. The fourth-order valence-electron chi connectivity index (χ4n) is 3.13. The van der Waals surface area contributed by atoms with Crippen molar-refractivity contribution in [2.45, 2.75) is 38.4 Å². The number of benzene rings is 2. The van der Waals surface area contributed by atoms with Gasteiger partial charge in [0, 0.05) is 10.0 Å². The highest BCUT2D eigenvalue weighted by Gasteiger charge is 2.23. The van der Waals surface area contributed by atoms with Gasteiger partial charge >= 0.3 is 5.97 Å². The van der Waals surface area contributed by atoms with Gasteiger partial charge in [-0.3, -0.25) is 0 Å². The van der Waals surface area contributed by atoms with Crippen LogP contribution >= 0.6 is 15.9 Å². The van der Waals surface area contributed by atoms with Crippen LogP contribution in [0.1, 0.15) is 47.9 Å². The molecular weight excluding hydrogens is 424 g/mol. The van der Waals surface area contributed by atoms with Crippen molar-refractivity contribution in [1.29, 1.82) is 0 Å². The number of carboxylic acid groups (broad SMARTS) is 1. The lowest BCUT2D eigenvalue weighted by molar-refractivity contribution is -0.0905. The van der Waals surface area contributed by atoms with Gasteiger partial charge in [-0.15, -0.1) is 0 Å². The molecule has 3 rings (SSSR count). The van der Waals surface area contributed by atoms with Crippen LogP contribution in [0.15, 0.2) is 46.9 Å². The van der Waals surface area contributed by atoms with Crippen molar-refractivity contribution in [3.63, 3.8) is 0 Å². The number of hydrogen-bond acceptors (Lipinski definition) is 4. The summed E-state index contributed by atoms with van der Waals surface area (Å²) in [6, 6.07) is 12.9. The molecule has 0 radical (unpaired) electrons. The zero-order valence-electron chi connectivity index (χ0n) is 16.1. The van der Waals surface area contributed by atoms with E-state index >= 15 is 0 Å². The summed E-state index contributed by atoms with van der Waals surface area (Å²) in [6.45, 7) is 5.87. The summed E-state index contributed by atoms with van der Waals surface area (Å²) < 4.78 is 18.6. The molecular formula is C22H25BrO5. The average Bonchev–Trinajstić information content (AvgIpc) is 2.69. The van der Waals surface area contributed by atoms with Crippen molar-refractivity contribution in [3.8, 4) is 5.75 Å². The van der Waals surface area contributed by atoms with Crippen LogP contribution < -0.4 is 4.74 Å². The van der Waals surface area contributed by atoms with Gasteiger partial charge in [-0.25, -0.2) is 4.79 Å². The van der Waals surface area contributed by atoms with E-state index < -0.39 is 5.97 Å². The van der Waals surface area contributed by atoms with Gasteiger partial charge in [-0.2, -0.15) is 0 Å². The van der Waals surface area contributed by atoms with Crippen molar-refractivity contribution in [2.75, 3.05) is 19.8 Å². The lowest BCUT2D eigenvalue weighted by Gasteiger charge is -2.28. The van der Waals surface area contributed by atoms with E-state index in [1.165, 1.54) is 0 Å². The van der Waals surface area contributed by atoms with Crippen LogP contribution in [-0.2, 0) is 15.9 Å². The van der Waals surface area contributed by atoms with Gasteiger partial charge in [-0.1, -0.05) is 28.1 Å². The maximum Gasteiger partial charge on any atom is 0.335 e. The fourth-order valence-corrected chi connectivity index (χ4v) is 3.63. The third-order valence-corrected chi connectivity index (χ3v) is 5.46. The molecule has 28 heavy (non-hydrogen) atoms. The normalized spacial score (nSPS) is 17.3. The smallest absolute Gasteiger partial charge is 0.335 e. The minimum Gasteiger partial charge on any atom is -0.488 e. The molecule has 1 atom stereocenters. The van der Waals surface area contributed by atoms with Crippen molar-refractivity contribution in [1.82, 2.24) is 0 Å². The van der Waals surface area contributed by atoms with E-state index in [9.17, 15) is 4.79 Å². The maximum absolute atomic E-state index is 11.0. The van der Waals surface area contributed by atoms with Crippen LogP contribution in [0.5, 0.6) is 5.75 Å². The van der Waals surface area contributed by atoms with E-state index in [1.54, 1.807) is 12.1 Å². The van der Waals surface area contributed by atoms with Gasteiger partial charge in [-0.05, 0) is 62.6 Å². The van der Waals surface area contributed by atoms with Crippen LogP contribution in [0.25, 0.3) is 0 Å². The summed E-state index contributed by atoms with van der Waals surface area (Å²) >= 11 is 3.59. The Labute approximate surface area is 173 Å². The van der Waals surface area contributed by atoms with E-state index in [2.05, 4.69) is 29.8 Å². The first kappa shape index (κ1) is 20.8. The highest BCUT2D eigenvalue weighted by atomic mass is 79.9. The highest BCUT2D eigenvalue weighted by Crippen LogP contribution is 2.33. The number of aryl methyl sites for hydroxylation is 1. The third-order valence-electron chi connectivity index (χ3n) is 4.74. The molecule has 1 aliphatic heterocycles. The second-order valence-electron chi connectivity index (χ2n) is 7.48. The summed E-state index contributed by atoms with van der Waals surface area (Å²) in [5.74, 6) is -0.118. The monoisotopic (exact) mass is 448 g/mol. The Hall–Kier alpha value is -1.89. The SMILES string of the molecule is CC(C)(CCc1ccc(C(=O)O)cc1)Oc1ccc(Br)c(C2COCCO2)c1. The quantitative estimate of drug-likeness (QED) is 0.643. The predicted molar refractivity (Wildman–Crippen MR) is 110 cm³/mol. The first-order chi connectivity index (χ1) is 13.3. The van der Waals surface area contributed by atoms with Crippen LogP contribution in [0.3, 0.4) is 0 Å². The van der Waals surface area contributed by atoms with E-state index in [1.807, 2.05) is 30.3 Å². The van der Waals surface area contributed by atoms with Gasteiger partial charge in [0.15, 0.2) is 0 Å². The topological polar surface area (TPSA) is 65.0 Å². The second-order valence-corrected chi connectivity index (χ2v) is 8.34. The number of carboxylic acids is 1. The molecule has 1 heterocycles. The molecule has 1 unspecified atom stereocenters. The molecule has 0 spiro atoms. The molecule has 0 amide bonds. The summed E-state index contributed by atoms with van der Waals surface area (Å²) in [6.07, 6.45) is 1.51. The summed E-state index contributed by atoms with van der Waals surface area (Å²) in [7, 11) is 0. The van der Waals surface area contributed by atoms with E-state index in [4.69, 9.17) is 19.3 Å². The van der Waals surface area contributed by atoms with Gasteiger partial charge in [0.1, 0.15) is 17.5 Å². The Morgan fingerprint density at radius 1 is 1.21 bits per heavy atom. The maximum atomic E-state index is 11.0. The van der Waals surface area contributed by atoms with E-state index in [0.717, 1.165) is 34.2 Å². The first-order valence-corrected chi connectivity index (χ1v) is 10.1. The van der Waals surface area contributed by atoms with Crippen molar-refractivity contribution < 1.29 is 24.1 Å². The molecule has 1 saturated heterocycles. The van der Waals surface area contributed by atoms with Gasteiger partial charge in [0.25, 0.3) is 0 Å². The third kappa shape index (κ3) is 5.56. The molecule has 1 N–H and O–H groups in total. The fraction of sp³-hybridized carbons (Fsp3) is 0.409. The van der Waals surface area contributed by atoms with Crippen molar-refractivity contribution in [3.05, 3.63) is 63.6 Å². The standard InChI is InChI=1S/C22H25BrO5/c1-22(2,10-9-15-3-5-16(6-4-15)21(24)25)28-17-7-8-19(23)18(13-17)20-14-26-11-12-27-20/h3-8,13,20H,9-12,14H2,1-2H3,(H,24,25). The van der Waals surface area contributed by atoms with Gasteiger partial charge in [0.2, 0.25) is 0 Å². The van der Waals surface area contributed by atoms with Gasteiger partial charge in [0.05, 0.1) is 25.4 Å². The summed E-state index contributed by atoms with van der Waals surface area (Å²) in [4.78, 5) is 11.0. The minimum atomic E-state index is -0.909. The Morgan fingerprint density at radius 3 is 2.61 bits per heavy atom. The molecule has 6 heteroatoms. The zero-order chi connectivity index (χ0) is 20.1. The first-order valence-electron chi connectivity index (χ1n) is 9.34. The van der Waals surface area contributed by atoms with E-state index in [-0.39, 0.29) is 11.7 Å². The Balaban J connectivity index is 1.63. The molecule has 0 saturated carbocycles. The van der Waals surface area contributed by atoms with Gasteiger partial charge < -0.3 is 19.3 Å². The van der Waals surface area contributed by atoms with Crippen LogP contribution in [0, 0.1) is 0 Å². The van der Waals surface area contributed by atoms with E-state index in [0.29, 0.717) is 25.4 Å². The molecule has 150 valence electrons. The molecule has 0 bridgehead atoms. The Morgan fingerprint density at radius 2 is 1.96 bits per heavy atom. The second kappa shape index (κ2) is 9.07. The lowest BCUT2D eigenvalue weighted by atomic mass is 9.97. The lowest BCUT2D eigenvalue weighted by Crippen LogP contribution is -2.29. The van der Waals surface area contributed by atoms with Crippen molar-refractivity contribution >= 4 is 21.9 Å². The number of rotatable bonds is 7. The molecule has 2 aromatic carbocycles. The molecule has 0 aromatic heterocycles. The Bertz CT molecular complexity index is 810. The molecule has 1 fully saturated rings. The molecule has 1 aliphatic rings. The number of carbonyl (C=O) groups is 1. The largest absolute Gasteiger partial charge is 0.488 e. The molecule has 2 aromatic rings. The highest BCUT2D eigenvalue weighted by molar-refractivity contribution is 9.10. The predicted octanol–water partition coefficient (Wildman–Crippen LogP) is 5.03. The minimum absolute atomic E-state index is 0.0949. The summed E-state index contributed by atoms with van der Waals surface area (Å²) in [5, 5.41) is 8.99. The number of aromatic carboxylic acids is 1. The van der Waals surface area contributed by atoms with Crippen molar-refractivity contribution in [2.24, 2.45) is 0 Å². The zero-order valence-corrected chi connectivity index (χ0v) is 17.7. The summed E-state index contributed by atoms with van der Waals surface area (Å²) in [5.41, 5.74) is 2.04.